The minimum absolute atomic E-state index is 0.0628. The number of carboxylic acid groups (broad SMARTS) is 2. The predicted octanol–water partition coefficient (Wildman–Crippen LogP) is 3.21. The van der Waals surface area contributed by atoms with Gasteiger partial charge in [0.05, 0.1) is 12.7 Å². The zero-order valence-corrected chi connectivity index (χ0v) is 15.7. The molecule has 0 amide bonds. The molecule has 3 N–H and O–H groups in total. The number of carboxylic acids is 2. The summed E-state index contributed by atoms with van der Waals surface area (Å²) >= 11 is 5.48. The second kappa shape index (κ2) is 19.0. The van der Waals surface area contributed by atoms with E-state index in [0.717, 1.165) is 19.3 Å². The van der Waals surface area contributed by atoms with Crippen LogP contribution in [0.25, 0.3) is 0 Å². The molecular formula is C17H31ClO7. The summed E-state index contributed by atoms with van der Waals surface area (Å²) in [6.45, 7) is 2.48. The van der Waals surface area contributed by atoms with Gasteiger partial charge in [-0.3, -0.25) is 14.4 Å². The molecule has 0 aliphatic heterocycles. The molecule has 0 saturated heterocycles. The van der Waals surface area contributed by atoms with E-state index < -0.39 is 11.9 Å². The summed E-state index contributed by atoms with van der Waals surface area (Å²) in [5.74, 6) is -1.39. The average Bonchev–Trinajstić information content (AvgIpc) is 2.54. The highest BCUT2D eigenvalue weighted by atomic mass is 35.5. The first-order valence-electron chi connectivity index (χ1n) is 8.66. The summed E-state index contributed by atoms with van der Waals surface area (Å²) in [5.41, 5.74) is 0. The number of aliphatic carboxylic acids is 2. The number of hydrogen-bond donors (Lipinski definition) is 3. The van der Waals surface area contributed by atoms with Gasteiger partial charge in [-0.05, 0) is 38.5 Å². The summed E-state index contributed by atoms with van der Waals surface area (Å²) in [5, 5.41) is 25.6. The lowest BCUT2D eigenvalue weighted by Crippen LogP contribution is -2.08. The van der Waals surface area contributed by atoms with Crippen LogP contribution < -0.4 is 0 Å². The Hall–Kier alpha value is -1.34. The molecule has 0 aromatic heterocycles. The van der Waals surface area contributed by atoms with E-state index in [2.05, 4.69) is 0 Å². The van der Waals surface area contributed by atoms with Gasteiger partial charge >= 0.3 is 17.9 Å². The zero-order chi connectivity index (χ0) is 19.5. The Morgan fingerprint density at radius 1 is 0.920 bits per heavy atom. The quantitative estimate of drug-likeness (QED) is 0.239. The molecule has 0 radical (unpaired) electrons. The number of esters is 1. The van der Waals surface area contributed by atoms with E-state index >= 15 is 0 Å². The number of carbonyl (C=O) groups excluding carboxylic acids is 1. The minimum Gasteiger partial charge on any atom is -0.481 e. The third-order valence-corrected chi connectivity index (χ3v) is 3.33. The fourth-order valence-corrected chi connectivity index (χ4v) is 2.01. The second-order valence-electron chi connectivity index (χ2n) is 5.59. The zero-order valence-electron chi connectivity index (χ0n) is 14.9. The summed E-state index contributed by atoms with van der Waals surface area (Å²) < 4.78 is 4.92. The van der Waals surface area contributed by atoms with E-state index in [9.17, 15) is 19.5 Å². The average molecular weight is 383 g/mol. The molecule has 0 spiro atoms. The van der Waals surface area contributed by atoms with Gasteiger partial charge in [0.1, 0.15) is 0 Å². The fraction of sp³-hybridized carbons (Fsp3) is 0.824. The predicted molar refractivity (Wildman–Crippen MR) is 94.8 cm³/mol. The van der Waals surface area contributed by atoms with Crippen LogP contribution in [-0.4, -0.2) is 51.8 Å². The Morgan fingerprint density at radius 2 is 1.44 bits per heavy atom. The molecule has 0 saturated carbocycles. The van der Waals surface area contributed by atoms with Crippen molar-refractivity contribution < 1.29 is 34.4 Å². The van der Waals surface area contributed by atoms with Crippen molar-refractivity contribution in [1.82, 2.24) is 0 Å². The van der Waals surface area contributed by atoms with Gasteiger partial charge in [-0.1, -0.05) is 13.3 Å². The minimum atomic E-state index is -0.870. The van der Waals surface area contributed by atoms with E-state index in [4.69, 9.17) is 26.6 Å². The molecule has 8 heteroatoms. The first-order valence-corrected chi connectivity index (χ1v) is 9.20. The van der Waals surface area contributed by atoms with E-state index in [1.54, 1.807) is 0 Å². The number of carbonyl (C=O) groups is 3. The van der Waals surface area contributed by atoms with Gasteiger partial charge in [-0.15, -0.1) is 11.6 Å². The van der Waals surface area contributed by atoms with E-state index in [1.807, 2.05) is 6.92 Å². The molecule has 25 heavy (non-hydrogen) atoms. The maximum absolute atomic E-state index is 11.1. The van der Waals surface area contributed by atoms with Gasteiger partial charge in [-0.2, -0.15) is 0 Å². The molecule has 7 nitrogen and oxygen atoms in total. The van der Waals surface area contributed by atoms with Gasteiger partial charge in [0.15, 0.2) is 0 Å². The summed E-state index contributed by atoms with van der Waals surface area (Å²) in [7, 11) is 0. The Morgan fingerprint density at radius 3 is 1.88 bits per heavy atom. The van der Waals surface area contributed by atoms with Crippen molar-refractivity contribution in [2.75, 3.05) is 12.5 Å². The topological polar surface area (TPSA) is 121 Å². The smallest absolute Gasteiger partial charge is 0.305 e. The third kappa shape index (κ3) is 25.0. The standard InChI is InChI=1S/C11H21ClO3.C6H10O4/c1-2-9-15-11(14)6-4-3-5-10(13)7-8-12;7-5(8)3-1-2-4-6(9)10/h10,13H,2-9H2,1H3;1-4H2,(H,7,8)(H,9,10). The number of halogens is 1. The van der Waals surface area contributed by atoms with Gasteiger partial charge < -0.3 is 20.1 Å². The van der Waals surface area contributed by atoms with Crippen LogP contribution in [0.5, 0.6) is 0 Å². The molecule has 1 atom stereocenters. The lowest BCUT2D eigenvalue weighted by molar-refractivity contribution is -0.144. The van der Waals surface area contributed by atoms with Crippen LogP contribution in [0.2, 0.25) is 0 Å². The lowest BCUT2D eigenvalue weighted by atomic mass is 10.1. The highest BCUT2D eigenvalue weighted by molar-refractivity contribution is 6.17. The van der Waals surface area contributed by atoms with Crippen LogP contribution in [0.1, 0.15) is 71.1 Å². The first kappa shape index (κ1) is 25.9. The van der Waals surface area contributed by atoms with Gasteiger partial charge in [0.2, 0.25) is 0 Å². The number of rotatable bonds is 14. The van der Waals surface area contributed by atoms with Crippen molar-refractivity contribution in [3.05, 3.63) is 0 Å². The highest BCUT2D eigenvalue weighted by Crippen LogP contribution is 2.08. The van der Waals surface area contributed by atoms with Crippen LogP contribution in [0.15, 0.2) is 0 Å². The number of aliphatic hydroxyl groups is 1. The number of alkyl halides is 1. The Bertz CT molecular complexity index is 345. The maximum atomic E-state index is 11.1. The van der Waals surface area contributed by atoms with Crippen LogP contribution in [0, 0.1) is 0 Å². The molecule has 0 aliphatic carbocycles. The molecular weight excluding hydrogens is 352 g/mol. The molecule has 0 heterocycles. The van der Waals surface area contributed by atoms with Crippen LogP contribution in [-0.2, 0) is 19.1 Å². The van der Waals surface area contributed by atoms with E-state index in [-0.39, 0.29) is 24.9 Å². The molecule has 148 valence electrons. The van der Waals surface area contributed by atoms with Crippen molar-refractivity contribution >= 4 is 29.5 Å². The molecule has 0 fully saturated rings. The van der Waals surface area contributed by atoms with Crippen LogP contribution in [0.4, 0.5) is 0 Å². The highest BCUT2D eigenvalue weighted by Gasteiger charge is 2.05. The normalized spacial score (nSPS) is 11.2. The monoisotopic (exact) mass is 382 g/mol. The number of ether oxygens (including phenoxy) is 1. The van der Waals surface area contributed by atoms with E-state index in [0.29, 0.717) is 44.6 Å². The van der Waals surface area contributed by atoms with Crippen LogP contribution in [0.3, 0.4) is 0 Å². The molecule has 0 bridgehead atoms. The van der Waals surface area contributed by atoms with Crippen LogP contribution >= 0.6 is 11.6 Å². The van der Waals surface area contributed by atoms with Crippen molar-refractivity contribution in [1.29, 1.82) is 0 Å². The van der Waals surface area contributed by atoms with Crippen molar-refractivity contribution in [2.45, 2.75) is 77.2 Å². The van der Waals surface area contributed by atoms with Crippen molar-refractivity contribution in [3.63, 3.8) is 0 Å². The molecule has 0 aromatic carbocycles. The van der Waals surface area contributed by atoms with E-state index in [1.165, 1.54) is 0 Å². The largest absolute Gasteiger partial charge is 0.481 e. The Labute approximate surface area is 154 Å². The number of hydrogen-bond acceptors (Lipinski definition) is 5. The van der Waals surface area contributed by atoms with Gasteiger partial charge in [0, 0.05) is 25.1 Å². The fourth-order valence-electron chi connectivity index (χ4n) is 1.76. The summed E-state index contributed by atoms with van der Waals surface area (Å²) in [4.78, 5) is 30.9. The van der Waals surface area contributed by atoms with Gasteiger partial charge in [0.25, 0.3) is 0 Å². The van der Waals surface area contributed by atoms with Crippen molar-refractivity contribution in [2.24, 2.45) is 0 Å². The Balaban J connectivity index is 0. The molecule has 0 aromatic rings. The number of aliphatic hydroxyl groups excluding tert-OH is 1. The SMILES string of the molecule is CCCOC(=O)CCCCC(O)CCCl.O=C(O)CCCCC(=O)O. The van der Waals surface area contributed by atoms with Crippen molar-refractivity contribution in [3.8, 4) is 0 Å². The number of unbranched alkanes of at least 4 members (excludes halogenated alkanes) is 2. The third-order valence-electron chi connectivity index (χ3n) is 3.11. The maximum Gasteiger partial charge on any atom is 0.305 e. The molecule has 1 unspecified atom stereocenters. The Kier molecular flexibility index (Phi) is 19.7. The second-order valence-corrected chi connectivity index (χ2v) is 5.97. The first-order chi connectivity index (χ1) is 11.8. The van der Waals surface area contributed by atoms with Gasteiger partial charge in [-0.25, -0.2) is 0 Å². The molecule has 0 aliphatic rings. The lowest BCUT2D eigenvalue weighted by Gasteiger charge is -2.07. The summed E-state index contributed by atoms with van der Waals surface area (Å²) in [6, 6.07) is 0. The summed E-state index contributed by atoms with van der Waals surface area (Å²) in [6.07, 6.45) is 4.98. The molecule has 0 rings (SSSR count).